The van der Waals surface area contributed by atoms with Crippen LogP contribution in [-0.2, 0) is 11.4 Å². The smallest absolute Gasteiger partial charge is 0.229 e. The van der Waals surface area contributed by atoms with Gasteiger partial charge in [-0.15, -0.1) is 0 Å². The topological polar surface area (TPSA) is 89.8 Å². The second kappa shape index (κ2) is 8.65. The molecular weight excluding hydrogens is 318 g/mol. The van der Waals surface area contributed by atoms with Crippen molar-refractivity contribution in [1.82, 2.24) is 15.0 Å². The van der Waals surface area contributed by atoms with E-state index in [2.05, 4.69) is 34.0 Å². The van der Waals surface area contributed by atoms with Crippen molar-refractivity contribution in [2.75, 3.05) is 6.54 Å². The number of hydrogen-bond acceptors (Lipinski definition) is 6. The zero-order valence-electron chi connectivity index (χ0n) is 15.5. The molecule has 0 radical (unpaired) electrons. The Morgan fingerprint density at radius 3 is 2.60 bits per heavy atom. The van der Waals surface area contributed by atoms with Gasteiger partial charge in [0, 0.05) is 18.0 Å². The molecule has 2 fully saturated rings. The van der Waals surface area contributed by atoms with Gasteiger partial charge in [0.2, 0.25) is 11.7 Å². The molecule has 2 heterocycles. The van der Waals surface area contributed by atoms with Gasteiger partial charge in [0.15, 0.2) is 12.4 Å². The standard InChI is InChI=1S/C18H31N5O2/c1-13-7-6-8-14(2)23(13)11-16(19)21-24-12-17-20-18(25-22-17)15-9-4-3-5-10-15/h13-15H,3-12H2,1-2H3,(H2,19,21)/t13-,14+. The Hall–Kier alpha value is -1.63. The molecule has 1 aromatic heterocycles. The first-order valence-electron chi connectivity index (χ1n) is 9.66. The summed E-state index contributed by atoms with van der Waals surface area (Å²) in [7, 11) is 0. The molecule has 0 bridgehead atoms. The minimum absolute atomic E-state index is 0.196. The fourth-order valence-corrected chi connectivity index (χ4v) is 4.02. The van der Waals surface area contributed by atoms with E-state index < -0.39 is 0 Å². The molecule has 0 amide bonds. The number of aromatic nitrogens is 2. The number of nitrogens with zero attached hydrogens (tertiary/aromatic N) is 4. The zero-order valence-corrected chi connectivity index (χ0v) is 15.5. The third-order valence-electron chi connectivity index (χ3n) is 5.53. The van der Waals surface area contributed by atoms with E-state index >= 15 is 0 Å². The second-order valence-electron chi connectivity index (χ2n) is 7.54. The summed E-state index contributed by atoms with van der Waals surface area (Å²) in [5, 5.41) is 8.03. The minimum Gasteiger partial charge on any atom is -0.386 e. The average molecular weight is 349 g/mol. The number of piperidine rings is 1. The highest BCUT2D eigenvalue weighted by Crippen LogP contribution is 2.31. The Morgan fingerprint density at radius 2 is 1.88 bits per heavy atom. The van der Waals surface area contributed by atoms with Crippen molar-refractivity contribution in [3.05, 3.63) is 11.7 Å². The van der Waals surface area contributed by atoms with E-state index in [-0.39, 0.29) is 6.61 Å². The van der Waals surface area contributed by atoms with E-state index in [0.717, 1.165) is 18.7 Å². The van der Waals surface area contributed by atoms with Crippen LogP contribution in [0.2, 0.25) is 0 Å². The van der Waals surface area contributed by atoms with Gasteiger partial charge in [0.1, 0.15) is 0 Å². The van der Waals surface area contributed by atoms with Crippen molar-refractivity contribution >= 4 is 5.84 Å². The lowest BCUT2D eigenvalue weighted by atomic mass is 9.89. The highest BCUT2D eigenvalue weighted by molar-refractivity contribution is 5.81. The Kier molecular flexibility index (Phi) is 6.29. The van der Waals surface area contributed by atoms with Crippen LogP contribution in [0.25, 0.3) is 0 Å². The van der Waals surface area contributed by atoms with E-state index in [1.807, 2.05) is 0 Å². The SMILES string of the molecule is C[C@@H]1CCC[C@H](C)N1C/C(N)=N\OCc1noc(C2CCCCC2)n1. The average Bonchev–Trinajstić information content (AvgIpc) is 3.08. The maximum absolute atomic E-state index is 6.03. The van der Waals surface area contributed by atoms with Crippen LogP contribution in [0.4, 0.5) is 0 Å². The first-order chi connectivity index (χ1) is 12.1. The van der Waals surface area contributed by atoms with Gasteiger partial charge in [-0.25, -0.2) is 0 Å². The van der Waals surface area contributed by atoms with Crippen molar-refractivity contribution in [2.24, 2.45) is 10.9 Å². The molecule has 0 aromatic carbocycles. The van der Waals surface area contributed by atoms with Crippen LogP contribution in [0.3, 0.4) is 0 Å². The third kappa shape index (κ3) is 4.93. The van der Waals surface area contributed by atoms with Crippen LogP contribution >= 0.6 is 0 Å². The van der Waals surface area contributed by atoms with Crippen molar-refractivity contribution in [2.45, 2.75) is 89.8 Å². The highest BCUT2D eigenvalue weighted by Gasteiger charge is 2.25. The lowest BCUT2D eigenvalue weighted by Crippen LogP contribution is -2.47. The Bertz CT molecular complexity index is 558. The third-order valence-corrected chi connectivity index (χ3v) is 5.53. The molecule has 2 atom stereocenters. The number of amidine groups is 1. The van der Waals surface area contributed by atoms with Gasteiger partial charge in [-0.05, 0) is 39.5 Å². The molecule has 7 heteroatoms. The molecule has 25 heavy (non-hydrogen) atoms. The summed E-state index contributed by atoms with van der Waals surface area (Å²) in [5.74, 6) is 2.19. The lowest BCUT2D eigenvalue weighted by Gasteiger charge is -2.38. The molecule has 0 spiro atoms. The number of oxime groups is 1. The van der Waals surface area contributed by atoms with E-state index in [9.17, 15) is 0 Å². The van der Waals surface area contributed by atoms with Crippen LogP contribution < -0.4 is 5.73 Å². The molecule has 140 valence electrons. The summed E-state index contributed by atoms with van der Waals surface area (Å²) in [6.07, 6.45) is 9.78. The molecule has 1 saturated heterocycles. The maximum Gasteiger partial charge on any atom is 0.229 e. The lowest BCUT2D eigenvalue weighted by molar-refractivity contribution is 0.108. The number of hydrogen-bond donors (Lipinski definition) is 1. The van der Waals surface area contributed by atoms with Gasteiger partial charge in [-0.2, -0.15) is 4.98 Å². The predicted molar refractivity (Wildman–Crippen MR) is 96.0 cm³/mol. The summed E-state index contributed by atoms with van der Waals surface area (Å²) in [6.45, 7) is 5.33. The fraction of sp³-hybridized carbons (Fsp3) is 0.833. The van der Waals surface area contributed by atoms with E-state index in [4.69, 9.17) is 15.1 Å². The summed E-state index contributed by atoms with van der Waals surface area (Å²) >= 11 is 0. The number of rotatable bonds is 6. The van der Waals surface area contributed by atoms with E-state index in [1.165, 1.54) is 38.5 Å². The quantitative estimate of drug-likeness (QED) is 0.482. The number of likely N-dealkylation sites (tertiary alicyclic amines) is 1. The Labute approximate surface area is 150 Å². The zero-order chi connectivity index (χ0) is 17.6. The summed E-state index contributed by atoms with van der Waals surface area (Å²) in [6, 6.07) is 1.07. The van der Waals surface area contributed by atoms with Crippen molar-refractivity contribution in [3.8, 4) is 0 Å². The van der Waals surface area contributed by atoms with Crippen LogP contribution in [0, 0.1) is 0 Å². The fourth-order valence-electron chi connectivity index (χ4n) is 4.02. The predicted octanol–water partition coefficient (Wildman–Crippen LogP) is 3.17. The first-order valence-corrected chi connectivity index (χ1v) is 9.66. The normalized spacial score (nSPS) is 26.7. The van der Waals surface area contributed by atoms with Gasteiger partial charge in [-0.3, -0.25) is 4.90 Å². The van der Waals surface area contributed by atoms with Crippen molar-refractivity contribution in [1.29, 1.82) is 0 Å². The molecule has 1 aromatic rings. The van der Waals surface area contributed by atoms with Gasteiger partial charge < -0.3 is 15.1 Å². The summed E-state index contributed by atoms with van der Waals surface area (Å²) < 4.78 is 5.38. The molecule has 7 nitrogen and oxygen atoms in total. The molecule has 2 aliphatic rings. The molecular formula is C18H31N5O2. The van der Waals surface area contributed by atoms with Crippen LogP contribution in [0.1, 0.15) is 82.8 Å². The Morgan fingerprint density at radius 1 is 1.16 bits per heavy atom. The van der Waals surface area contributed by atoms with Gasteiger partial charge >= 0.3 is 0 Å². The van der Waals surface area contributed by atoms with E-state index in [1.54, 1.807) is 0 Å². The van der Waals surface area contributed by atoms with Gasteiger partial charge in [0.25, 0.3) is 0 Å². The van der Waals surface area contributed by atoms with Crippen molar-refractivity contribution in [3.63, 3.8) is 0 Å². The van der Waals surface area contributed by atoms with Crippen LogP contribution in [-0.4, -0.2) is 39.5 Å². The van der Waals surface area contributed by atoms with Gasteiger partial charge in [-0.1, -0.05) is 36.0 Å². The molecule has 1 aliphatic heterocycles. The monoisotopic (exact) mass is 349 g/mol. The minimum atomic E-state index is 0.196. The van der Waals surface area contributed by atoms with Crippen molar-refractivity contribution < 1.29 is 9.36 Å². The Balaban J connectivity index is 1.46. The largest absolute Gasteiger partial charge is 0.386 e. The van der Waals surface area contributed by atoms with E-state index in [0.29, 0.717) is 36.2 Å². The highest BCUT2D eigenvalue weighted by atomic mass is 16.6. The molecule has 1 saturated carbocycles. The molecule has 2 N–H and O–H groups in total. The summed E-state index contributed by atoms with van der Waals surface area (Å²) in [5.41, 5.74) is 6.03. The molecule has 0 unspecified atom stereocenters. The molecule has 3 rings (SSSR count). The second-order valence-corrected chi connectivity index (χ2v) is 7.54. The summed E-state index contributed by atoms with van der Waals surface area (Å²) in [4.78, 5) is 12.2. The van der Waals surface area contributed by atoms with Crippen LogP contribution in [0.5, 0.6) is 0 Å². The molecule has 1 aliphatic carbocycles. The maximum atomic E-state index is 6.03. The number of nitrogens with two attached hydrogens (primary N) is 1. The van der Waals surface area contributed by atoms with Crippen LogP contribution in [0.15, 0.2) is 9.68 Å². The first kappa shape index (κ1) is 18.2. The van der Waals surface area contributed by atoms with Gasteiger partial charge in [0.05, 0.1) is 6.54 Å².